The van der Waals surface area contributed by atoms with Crippen molar-refractivity contribution in [2.24, 2.45) is 7.05 Å². The van der Waals surface area contributed by atoms with Gasteiger partial charge in [0, 0.05) is 54.5 Å². The first-order valence-electron chi connectivity index (χ1n) is 13.1. The van der Waals surface area contributed by atoms with Crippen LogP contribution in [0.5, 0.6) is 5.75 Å². The number of fused-ring (bicyclic) bond motifs is 1. The lowest BCUT2D eigenvalue weighted by Crippen LogP contribution is -2.38. The number of para-hydroxylation sites is 1. The number of aromatic nitrogens is 4. The topological polar surface area (TPSA) is 102 Å². The lowest BCUT2D eigenvalue weighted by molar-refractivity contribution is 0.0707. The highest BCUT2D eigenvalue weighted by molar-refractivity contribution is 7.10. The third-order valence-electron chi connectivity index (χ3n) is 7.19. The molecule has 6 rings (SSSR count). The van der Waals surface area contributed by atoms with Crippen LogP contribution in [0.4, 0.5) is 5.82 Å². The maximum absolute atomic E-state index is 13.3. The van der Waals surface area contributed by atoms with E-state index in [0.717, 1.165) is 40.0 Å². The van der Waals surface area contributed by atoms with Crippen molar-refractivity contribution in [2.45, 2.75) is 18.8 Å². The summed E-state index contributed by atoms with van der Waals surface area (Å²) in [7, 11) is 3.40. The number of likely N-dealkylation sites (tertiary alicyclic amines) is 1. The summed E-state index contributed by atoms with van der Waals surface area (Å²) in [6, 6.07) is 21.0. The van der Waals surface area contributed by atoms with Crippen LogP contribution in [-0.2, 0) is 7.05 Å². The molecule has 1 aliphatic rings. The van der Waals surface area contributed by atoms with Crippen molar-refractivity contribution < 1.29 is 14.3 Å². The minimum atomic E-state index is -0.269. The smallest absolute Gasteiger partial charge is 0.276 e. The molecule has 0 bridgehead atoms. The van der Waals surface area contributed by atoms with Crippen LogP contribution < -0.4 is 10.1 Å². The summed E-state index contributed by atoms with van der Waals surface area (Å²) in [5, 5.41) is 11.0. The summed E-state index contributed by atoms with van der Waals surface area (Å²) >= 11 is 1.49. The van der Waals surface area contributed by atoms with Gasteiger partial charge in [-0.1, -0.05) is 42.5 Å². The fourth-order valence-corrected chi connectivity index (χ4v) is 5.98. The summed E-state index contributed by atoms with van der Waals surface area (Å²) < 4.78 is 7.17. The first kappa shape index (κ1) is 25.7. The molecule has 3 aromatic heterocycles. The van der Waals surface area contributed by atoms with Gasteiger partial charge in [0.15, 0.2) is 0 Å². The maximum atomic E-state index is 13.3. The number of amides is 2. The van der Waals surface area contributed by atoms with Gasteiger partial charge in [-0.25, -0.2) is 9.97 Å². The summed E-state index contributed by atoms with van der Waals surface area (Å²) in [6.07, 6.45) is 1.54. The summed E-state index contributed by atoms with van der Waals surface area (Å²) in [5.41, 5.74) is 3.27. The number of hydrogen-bond donors (Lipinski definition) is 1. The molecule has 10 heteroatoms. The number of nitrogens with one attached hydrogen (secondary N) is 1. The van der Waals surface area contributed by atoms with Gasteiger partial charge in [-0.15, -0.1) is 11.3 Å². The number of carbonyl (C=O) groups is 2. The van der Waals surface area contributed by atoms with Gasteiger partial charge in [-0.3, -0.25) is 14.3 Å². The van der Waals surface area contributed by atoms with Crippen molar-refractivity contribution in [3.63, 3.8) is 0 Å². The quantitative estimate of drug-likeness (QED) is 0.304. The van der Waals surface area contributed by atoms with Gasteiger partial charge in [0.25, 0.3) is 11.8 Å². The molecule has 2 aromatic carbocycles. The Balaban J connectivity index is 1.09. The van der Waals surface area contributed by atoms with Crippen molar-refractivity contribution in [3.05, 3.63) is 88.5 Å². The zero-order chi connectivity index (χ0) is 27.6. The van der Waals surface area contributed by atoms with E-state index in [4.69, 9.17) is 4.74 Å². The number of nitrogens with zero attached hydrogens (tertiary/aromatic N) is 5. The normalized spacial score (nSPS) is 13.9. The number of methoxy groups -OCH3 is 1. The molecule has 0 aliphatic carbocycles. The average molecular weight is 553 g/mol. The molecule has 0 saturated carbocycles. The molecule has 40 heavy (non-hydrogen) atoms. The maximum Gasteiger partial charge on any atom is 0.276 e. The van der Waals surface area contributed by atoms with Crippen molar-refractivity contribution >= 4 is 39.9 Å². The Morgan fingerprint density at radius 3 is 2.50 bits per heavy atom. The summed E-state index contributed by atoms with van der Waals surface area (Å²) in [4.78, 5) is 37.3. The highest BCUT2D eigenvalue weighted by atomic mass is 32.1. The van der Waals surface area contributed by atoms with Crippen molar-refractivity contribution in [1.82, 2.24) is 24.6 Å². The number of anilines is 1. The molecule has 1 fully saturated rings. The van der Waals surface area contributed by atoms with E-state index >= 15 is 0 Å². The van der Waals surface area contributed by atoms with E-state index in [2.05, 4.69) is 20.4 Å². The van der Waals surface area contributed by atoms with Crippen molar-refractivity contribution in [3.8, 4) is 17.0 Å². The number of carbonyl (C=O) groups excluding carboxylic acids is 2. The molecule has 1 aliphatic heterocycles. The average Bonchev–Trinajstić information content (AvgIpc) is 3.64. The van der Waals surface area contributed by atoms with Gasteiger partial charge in [-0.2, -0.15) is 5.10 Å². The van der Waals surface area contributed by atoms with E-state index < -0.39 is 0 Å². The molecular formula is C30H28N6O3S. The minimum absolute atomic E-state index is 0.104. The standard InChI is InChI=1S/C30H28N6O3S/c1-35-27(17-23(34-35)19-8-4-3-5-9-19)33-28(37)25-18-40-29(32-25)20-12-14-36(15-13-20)30(38)24-16-26(39-2)21-10-6-7-11-22(21)31-24/h3-11,16-18,20H,12-15H2,1-2H3,(H,33,37). The number of thiazole rings is 1. The Labute approximate surface area is 235 Å². The minimum Gasteiger partial charge on any atom is -0.496 e. The van der Waals surface area contributed by atoms with Gasteiger partial charge in [0.05, 0.1) is 23.3 Å². The van der Waals surface area contributed by atoms with Crippen LogP contribution in [0, 0.1) is 0 Å². The van der Waals surface area contributed by atoms with Crippen LogP contribution in [0.15, 0.2) is 72.1 Å². The number of ether oxygens (including phenoxy) is 1. The van der Waals surface area contributed by atoms with Crippen LogP contribution >= 0.6 is 11.3 Å². The second-order valence-electron chi connectivity index (χ2n) is 9.72. The molecule has 4 heterocycles. The molecule has 0 radical (unpaired) electrons. The van der Waals surface area contributed by atoms with Gasteiger partial charge < -0.3 is 15.0 Å². The predicted molar refractivity (Wildman–Crippen MR) is 155 cm³/mol. The Hall–Kier alpha value is -4.57. The van der Waals surface area contributed by atoms with Crippen LogP contribution in [0.3, 0.4) is 0 Å². The van der Waals surface area contributed by atoms with E-state index in [0.29, 0.717) is 36.0 Å². The third kappa shape index (κ3) is 5.05. The largest absolute Gasteiger partial charge is 0.496 e. The molecule has 1 N–H and O–H groups in total. The van der Waals surface area contributed by atoms with Crippen molar-refractivity contribution in [2.75, 3.05) is 25.5 Å². The van der Waals surface area contributed by atoms with E-state index in [1.807, 2.05) is 65.6 Å². The summed E-state index contributed by atoms with van der Waals surface area (Å²) in [5.74, 6) is 1.06. The second kappa shape index (κ2) is 10.9. The van der Waals surface area contributed by atoms with Gasteiger partial charge in [0.1, 0.15) is 23.0 Å². The Morgan fingerprint density at radius 2 is 1.73 bits per heavy atom. The molecule has 0 unspecified atom stereocenters. The fraction of sp³-hybridized carbons (Fsp3) is 0.233. The molecule has 1 saturated heterocycles. The first-order valence-corrected chi connectivity index (χ1v) is 14.0. The molecule has 0 atom stereocenters. The zero-order valence-electron chi connectivity index (χ0n) is 22.2. The van der Waals surface area contributed by atoms with Crippen LogP contribution in [-0.4, -0.2) is 56.7 Å². The number of piperidine rings is 1. The fourth-order valence-electron chi connectivity index (χ4n) is 5.01. The van der Waals surface area contributed by atoms with Crippen LogP contribution in [0.25, 0.3) is 22.2 Å². The molecule has 5 aromatic rings. The van der Waals surface area contributed by atoms with E-state index in [1.165, 1.54) is 11.3 Å². The number of pyridine rings is 1. The third-order valence-corrected chi connectivity index (χ3v) is 8.20. The number of benzene rings is 2. The van der Waals surface area contributed by atoms with Crippen LogP contribution in [0.1, 0.15) is 44.7 Å². The Bertz CT molecular complexity index is 1690. The lowest BCUT2D eigenvalue weighted by Gasteiger charge is -2.31. The van der Waals surface area contributed by atoms with Gasteiger partial charge in [-0.05, 0) is 25.0 Å². The highest BCUT2D eigenvalue weighted by Crippen LogP contribution is 2.32. The highest BCUT2D eigenvalue weighted by Gasteiger charge is 2.28. The monoisotopic (exact) mass is 552 g/mol. The number of aryl methyl sites for hydroxylation is 1. The summed E-state index contributed by atoms with van der Waals surface area (Å²) in [6.45, 7) is 1.19. The molecule has 202 valence electrons. The van der Waals surface area contributed by atoms with Gasteiger partial charge in [0.2, 0.25) is 0 Å². The molecule has 0 spiro atoms. The van der Waals surface area contributed by atoms with Crippen molar-refractivity contribution in [1.29, 1.82) is 0 Å². The van der Waals surface area contributed by atoms with Crippen LogP contribution in [0.2, 0.25) is 0 Å². The van der Waals surface area contributed by atoms with E-state index in [1.54, 1.807) is 30.3 Å². The lowest BCUT2D eigenvalue weighted by atomic mass is 9.97. The molecule has 9 nitrogen and oxygen atoms in total. The predicted octanol–water partition coefficient (Wildman–Crippen LogP) is 5.37. The Kier molecular flexibility index (Phi) is 7.00. The van der Waals surface area contributed by atoms with Gasteiger partial charge >= 0.3 is 0 Å². The number of rotatable bonds is 6. The SMILES string of the molecule is COc1cc(C(=O)N2CCC(c3nc(C(=O)Nc4cc(-c5ccccc5)nn4C)cs3)CC2)nc2ccccc12. The zero-order valence-corrected chi connectivity index (χ0v) is 23.0. The molecular weight excluding hydrogens is 524 g/mol. The first-order chi connectivity index (χ1) is 19.5. The number of hydrogen-bond acceptors (Lipinski definition) is 7. The molecule has 2 amide bonds. The van der Waals surface area contributed by atoms with E-state index in [9.17, 15) is 9.59 Å². The Morgan fingerprint density at radius 1 is 0.975 bits per heavy atom. The second-order valence-corrected chi connectivity index (χ2v) is 10.6. The van der Waals surface area contributed by atoms with E-state index in [-0.39, 0.29) is 17.7 Å².